The van der Waals surface area contributed by atoms with Crippen LogP contribution in [-0.4, -0.2) is 16.8 Å². The number of carbonyl (C=O) groups excluding carboxylic acids is 2. The number of amides is 1. The summed E-state index contributed by atoms with van der Waals surface area (Å²) in [6.45, 7) is 1.49. The number of benzene rings is 3. The van der Waals surface area contributed by atoms with E-state index >= 15 is 0 Å². The van der Waals surface area contributed by atoms with Gasteiger partial charge in [-0.25, -0.2) is 13.6 Å². The number of carbonyl (C=O) groups is 2. The summed E-state index contributed by atoms with van der Waals surface area (Å²) in [5.41, 5.74) is 2.23. The van der Waals surface area contributed by atoms with Gasteiger partial charge in [0.1, 0.15) is 6.61 Å². The first-order valence-corrected chi connectivity index (χ1v) is 11.1. The Morgan fingerprint density at radius 3 is 2.44 bits per heavy atom. The molecule has 34 heavy (non-hydrogen) atoms. The zero-order chi connectivity index (χ0) is 24.2. The fourth-order valence-electron chi connectivity index (χ4n) is 4.09. The first kappa shape index (κ1) is 23.6. The summed E-state index contributed by atoms with van der Waals surface area (Å²) in [7, 11) is 0. The molecule has 1 unspecified atom stereocenters. The van der Waals surface area contributed by atoms with Gasteiger partial charge in [0.15, 0.2) is 11.6 Å². The van der Waals surface area contributed by atoms with Gasteiger partial charge in [0.2, 0.25) is 5.91 Å². The van der Waals surface area contributed by atoms with Gasteiger partial charge >= 0.3 is 5.97 Å². The topological polar surface area (TPSA) is 46.6 Å². The zero-order valence-electron chi connectivity index (χ0n) is 18.4. The Labute approximate surface area is 201 Å². The Morgan fingerprint density at radius 1 is 1.03 bits per heavy atom. The molecule has 1 heterocycles. The molecule has 0 fully saturated rings. The largest absolute Gasteiger partial charge is 0.457 e. The average Bonchev–Trinajstić information content (AvgIpc) is 2.83. The fraction of sp³-hybridized carbons (Fsp3) is 0.185. The minimum atomic E-state index is -1.02. The highest BCUT2D eigenvalue weighted by atomic mass is 35.5. The number of allylic oxidation sites excluding steroid dienone is 1. The van der Waals surface area contributed by atoms with Crippen LogP contribution in [0.3, 0.4) is 0 Å². The maximum Gasteiger partial charge on any atom is 0.336 e. The number of hydrogen-bond acceptors (Lipinski definition) is 3. The van der Waals surface area contributed by atoms with Gasteiger partial charge in [0, 0.05) is 28.6 Å². The lowest BCUT2D eigenvalue weighted by atomic mass is 9.83. The molecule has 0 bridgehead atoms. The van der Waals surface area contributed by atoms with Gasteiger partial charge < -0.3 is 9.64 Å². The minimum absolute atomic E-state index is 0.0221. The van der Waals surface area contributed by atoms with E-state index < -0.39 is 23.5 Å². The standard InChI is InChI=1S/C27H22ClF2NO3/c1-17-25(27(33)34-16-18-6-3-2-4-7-18)22(19-10-12-21(28)13-11-19)14-24(32)31(17)15-20-8-5-9-23(29)26(20)30/h2-13,22H,14-16H2,1H3. The molecule has 3 aromatic rings. The number of esters is 1. The maximum absolute atomic E-state index is 14.3. The van der Waals surface area contributed by atoms with Crippen LogP contribution in [0.25, 0.3) is 0 Å². The molecule has 1 aliphatic heterocycles. The number of halogens is 3. The lowest BCUT2D eigenvalue weighted by Gasteiger charge is -2.34. The van der Waals surface area contributed by atoms with E-state index in [1.54, 1.807) is 31.2 Å². The SMILES string of the molecule is CC1=C(C(=O)OCc2ccccc2)C(c2ccc(Cl)cc2)CC(=O)N1Cc1cccc(F)c1F. The van der Waals surface area contributed by atoms with Crippen LogP contribution >= 0.6 is 11.6 Å². The van der Waals surface area contributed by atoms with Crippen molar-refractivity contribution in [2.24, 2.45) is 0 Å². The van der Waals surface area contributed by atoms with Gasteiger partial charge in [-0.2, -0.15) is 0 Å². The van der Waals surface area contributed by atoms with Crippen LogP contribution in [0.2, 0.25) is 5.02 Å². The molecule has 0 saturated carbocycles. The van der Waals surface area contributed by atoms with Crippen molar-refractivity contribution < 1.29 is 23.1 Å². The summed E-state index contributed by atoms with van der Waals surface area (Å²) in [6, 6.07) is 20.0. The van der Waals surface area contributed by atoms with Gasteiger partial charge in [-0.1, -0.05) is 66.2 Å². The molecule has 0 spiro atoms. The van der Waals surface area contributed by atoms with Crippen LogP contribution in [-0.2, 0) is 27.5 Å². The van der Waals surface area contributed by atoms with Crippen LogP contribution in [0.4, 0.5) is 8.78 Å². The molecule has 0 saturated heterocycles. The van der Waals surface area contributed by atoms with E-state index in [0.29, 0.717) is 16.3 Å². The smallest absolute Gasteiger partial charge is 0.336 e. The Bertz CT molecular complexity index is 1240. The summed E-state index contributed by atoms with van der Waals surface area (Å²) < 4.78 is 33.7. The van der Waals surface area contributed by atoms with Crippen molar-refractivity contribution in [3.05, 3.63) is 117 Å². The molecular weight excluding hydrogens is 460 g/mol. The first-order chi connectivity index (χ1) is 16.3. The molecule has 3 aromatic carbocycles. The predicted molar refractivity (Wildman–Crippen MR) is 125 cm³/mol. The van der Waals surface area contributed by atoms with Crippen molar-refractivity contribution in [1.29, 1.82) is 0 Å². The highest BCUT2D eigenvalue weighted by molar-refractivity contribution is 6.30. The fourth-order valence-corrected chi connectivity index (χ4v) is 4.22. The minimum Gasteiger partial charge on any atom is -0.457 e. The van der Waals surface area contributed by atoms with Gasteiger partial charge in [-0.05, 0) is 36.2 Å². The van der Waals surface area contributed by atoms with E-state index in [9.17, 15) is 18.4 Å². The normalized spacial score (nSPS) is 16.1. The van der Waals surface area contributed by atoms with Crippen molar-refractivity contribution in [3.8, 4) is 0 Å². The molecule has 4 rings (SSSR count). The third-order valence-corrected chi connectivity index (χ3v) is 6.14. The second-order valence-corrected chi connectivity index (χ2v) is 8.50. The summed E-state index contributed by atoms with van der Waals surface area (Å²) in [5.74, 6) is -3.44. The molecule has 1 aliphatic rings. The van der Waals surface area contributed by atoms with E-state index in [4.69, 9.17) is 16.3 Å². The summed E-state index contributed by atoms with van der Waals surface area (Å²) in [4.78, 5) is 27.7. The van der Waals surface area contributed by atoms with Crippen LogP contribution in [0.1, 0.15) is 36.0 Å². The summed E-state index contributed by atoms with van der Waals surface area (Å²) >= 11 is 6.02. The number of ether oxygens (including phenoxy) is 1. The Morgan fingerprint density at radius 2 is 1.74 bits per heavy atom. The van der Waals surface area contributed by atoms with Crippen molar-refractivity contribution in [2.75, 3.05) is 0 Å². The first-order valence-electron chi connectivity index (χ1n) is 10.8. The lowest BCUT2D eigenvalue weighted by Crippen LogP contribution is -2.38. The molecule has 1 atom stereocenters. The summed E-state index contributed by atoms with van der Waals surface area (Å²) in [6.07, 6.45) is -0.0221. The molecule has 0 radical (unpaired) electrons. The molecule has 174 valence electrons. The number of nitrogens with zero attached hydrogens (tertiary/aromatic N) is 1. The van der Waals surface area contributed by atoms with Gasteiger partial charge in [-0.3, -0.25) is 4.79 Å². The van der Waals surface area contributed by atoms with Crippen molar-refractivity contribution >= 4 is 23.5 Å². The lowest BCUT2D eigenvalue weighted by molar-refractivity contribution is -0.141. The molecule has 0 aliphatic carbocycles. The van der Waals surface area contributed by atoms with Crippen LogP contribution in [0.5, 0.6) is 0 Å². The molecule has 0 N–H and O–H groups in total. The second kappa shape index (κ2) is 10.2. The van der Waals surface area contributed by atoms with Gasteiger partial charge in [0.05, 0.1) is 12.1 Å². The molecule has 0 aromatic heterocycles. The van der Waals surface area contributed by atoms with Crippen LogP contribution < -0.4 is 0 Å². The Balaban J connectivity index is 1.70. The van der Waals surface area contributed by atoms with E-state index in [1.807, 2.05) is 30.3 Å². The molecular formula is C27H22ClF2NO3. The van der Waals surface area contributed by atoms with E-state index in [2.05, 4.69) is 0 Å². The quantitative estimate of drug-likeness (QED) is 0.397. The maximum atomic E-state index is 14.3. The summed E-state index contributed by atoms with van der Waals surface area (Å²) in [5, 5.41) is 0.531. The van der Waals surface area contributed by atoms with Crippen LogP contribution in [0.15, 0.2) is 84.1 Å². The predicted octanol–water partition coefficient (Wildman–Crippen LogP) is 6.15. The number of hydrogen-bond donors (Lipinski definition) is 0. The second-order valence-electron chi connectivity index (χ2n) is 8.06. The van der Waals surface area contributed by atoms with Crippen molar-refractivity contribution in [2.45, 2.75) is 32.4 Å². The highest BCUT2D eigenvalue weighted by Crippen LogP contribution is 2.38. The molecule has 4 nitrogen and oxygen atoms in total. The van der Waals surface area contributed by atoms with E-state index in [0.717, 1.165) is 17.2 Å². The zero-order valence-corrected chi connectivity index (χ0v) is 19.2. The van der Waals surface area contributed by atoms with E-state index in [1.165, 1.54) is 17.0 Å². The van der Waals surface area contributed by atoms with Gasteiger partial charge in [-0.15, -0.1) is 0 Å². The molecule has 7 heteroatoms. The molecule has 1 amide bonds. The average molecular weight is 482 g/mol. The van der Waals surface area contributed by atoms with E-state index in [-0.39, 0.29) is 31.0 Å². The van der Waals surface area contributed by atoms with Gasteiger partial charge in [0.25, 0.3) is 0 Å². The Kier molecular flexibility index (Phi) is 7.08. The highest BCUT2D eigenvalue weighted by Gasteiger charge is 2.37. The number of rotatable bonds is 6. The third-order valence-electron chi connectivity index (χ3n) is 5.89. The van der Waals surface area contributed by atoms with Crippen LogP contribution in [0, 0.1) is 11.6 Å². The van der Waals surface area contributed by atoms with Crippen molar-refractivity contribution in [3.63, 3.8) is 0 Å². The Hall–Kier alpha value is -3.51. The van der Waals surface area contributed by atoms with Crippen molar-refractivity contribution in [1.82, 2.24) is 4.90 Å². The monoisotopic (exact) mass is 481 g/mol. The third kappa shape index (κ3) is 5.02.